The second kappa shape index (κ2) is 8.97. The Balaban J connectivity index is 1.52. The minimum Gasteiger partial charge on any atom is -0.336 e. The summed E-state index contributed by atoms with van der Waals surface area (Å²) in [6.45, 7) is 0.821. The van der Waals surface area contributed by atoms with Crippen LogP contribution < -0.4 is 10.6 Å². The van der Waals surface area contributed by atoms with Crippen molar-refractivity contribution < 1.29 is 13.2 Å². The number of hydrogen-bond donors (Lipinski definition) is 2. The van der Waals surface area contributed by atoms with Crippen LogP contribution in [0.3, 0.4) is 0 Å². The van der Waals surface area contributed by atoms with Crippen LogP contribution in [0.5, 0.6) is 0 Å². The summed E-state index contributed by atoms with van der Waals surface area (Å²) in [5, 5.41) is 24.9. The van der Waals surface area contributed by atoms with E-state index in [1.807, 2.05) is 36.4 Å². The molecule has 8 heteroatoms. The number of nitriles is 2. The Hall–Kier alpha value is -3.20. The molecule has 2 N–H and O–H groups in total. The lowest BCUT2D eigenvalue weighted by Gasteiger charge is -2.24. The number of nitrogens with one attached hydrogen (secondary N) is 2. The topological polar surface area (TPSA) is 123 Å². The first-order valence-electron chi connectivity index (χ1n) is 11.0. The molecular formula is C25H26N4O3S. The molecule has 2 aromatic carbocycles. The van der Waals surface area contributed by atoms with Crippen molar-refractivity contribution in [1.29, 1.82) is 10.5 Å². The fourth-order valence-electron chi connectivity index (χ4n) is 4.56. The number of rotatable bonds is 6. The SMILES string of the molecule is CS(=O)(=O)c1cc(-c2ccc([C@@H]3C[C@@]3(C#N)NC(=O)[C@@H]3CCCCN3)cc2)ccc1CC#N. The van der Waals surface area contributed by atoms with Crippen LogP contribution in [0.15, 0.2) is 47.4 Å². The molecule has 0 aromatic heterocycles. The molecule has 4 rings (SSSR count). The minimum atomic E-state index is -3.47. The lowest BCUT2D eigenvalue weighted by molar-refractivity contribution is -0.124. The fourth-order valence-corrected chi connectivity index (χ4v) is 5.51. The average molecular weight is 463 g/mol. The van der Waals surface area contributed by atoms with Gasteiger partial charge < -0.3 is 10.6 Å². The number of carbonyl (C=O) groups excluding carboxylic acids is 1. The summed E-state index contributed by atoms with van der Waals surface area (Å²) in [7, 11) is -3.47. The number of carbonyl (C=O) groups is 1. The highest BCUT2D eigenvalue weighted by Crippen LogP contribution is 2.51. The van der Waals surface area contributed by atoms with Crippen LogP contribution >= 0.6 is 0 Å². The molecule has 0 radical (unpaired) electrons. The summed E-state index contributed by atoms with van der Waals surface area (Å²) >= 11 is 0. The number of hydrogen-bond acceptors (Lipinski definition) is 6. The van der Waals surface area contributed by atoms with E-state index in [0.29, 0.717) is 12.0 Å². The molecule has 7 nitrogen and oxygen atoms in total. The third-order valence-corrected chi connectivity index (χ3v) is 7.69. The van der Waals surface area contributed by atoms with E-state index in [0.717, 1.165) is 48.8 Å². The second-order valence-electron chi connectivity index (χ2n) is 8.88. The number of benzene rings is 2. The van der Waals surface area contributed by atoms with E-state index in [9.17, 15) is 18.5 Å². The van der Waals surface area contributed by atoms with Crippen molar-refractivity contribution in [3.63, 3.8) is 0 Å². The van der Waals surface area contributed by atoms with E-state index in [2.05, 4.69) is 16.7 Å². The molecule has 170 valence electrons. The van der Waals surface area contributed by atoms with Crippen LogP contribution in [0, 0.1) is 22.7 Å². The molecule has 2 aromatic rings. The number of sulfone groups is 1. The molecule has 0 spiro atoms. The van der Waals surface area contributed by atoms with Crippen LogP contribution in [0.4, 0.5) is 0 Å². The lowest BCUT2D eigenvalue weighted by atomic mass is 9.99. The molecule has 33 heavy (non-hydrogen) atoms. The molecule has 1 amide bonds. The first kappa shape index (κ1) is 23.0. The summed E-state index contributed by atoms with van der Waals surface area (Å²) < 4.78 is 24.4. The van der Waals surface area contributed by atoms with Crippen molar-refractivity contribution in [1.82, 2.24) is 10.6 Å². The maximum atomic E-state index is 12.6. The van der Waals surface area contributed by atoms with Gasteiger partial charge in [-0.3, -0.25) is 4.79 Å². The minimum absolute atomic E-state index is 0.0294. The fraction of sp³-hybridized carbons (Fsp3) is 0.400. The summed E-state index contributed by atoms with van der Waals surface area (Å²) in [6.07, 6.45) is 4.60. The van der Waals surface area contributed by atoms with Crippen LogP contribution in [0.2, 0.25) is 0 Å². The van der Waals surface area contributed by atoms with Gasteiger partial charge in [-0.15, -0.1) is 0 Å². The molecular weight excluding hydrogens is 436 g/mol. The molecule has 1 aliphatic carbocycles. The van der Waals surface area contributed by atoms with Gasteiger partial charge in [0.2, 0.25) is 5.91 Å². The predicted molar refractivity (Wildman–Crippen MR) is 124 cm³/mol. The van der Waals surface area contributed by atoms with Crippen molar-refractivity contribution >= 4 is 15.7 Å². The number of amides is 1. The van der Waals surface area contributed by atoms with Gasteiger partial charge in [0.1, 0.15) is 5.54 Å². The van der Waals surface area contributed by atoms with Crippen LogP contribution in [-0.4, -0.2) is 38.7 Å². The zero-order valence-corrected chi connectivity index (χ0v) is 19.3. The third kappa shape index (κ3) is 4.78. The van der Waals surface area contributed by atoms with E-state index in [1.165, 1.54) is 0 Å². The Morgan fingerprint density at radius 2 is 1.88 bits per heavy atom. The molecule has 0 unspecified atom stereocenters. The highest BCUT2D eigenvalue weighted by Gasteiger charge is 2.57. The van der Waals surface area contributed by atoms with Gasteiger partial charge >= 0.3 is 0 Å². The van der Waals surface area contributed by atoms with E-state index in [4.69, 9.17) is 5.26 Å². The molecule has 2 aliphatic rings. The van der Waals surface area contributed by atoms with Gasteiger partial charge in [0.15, 0.2) is 9.84 Å². The Morgan fingerprint density at radius 3 is 2.48 bits per heavy atom. The van der Waals surface area contributed by atoms with E-state index >= 15 is 0 Å². The lowest BCUT2D eigenvalue weighted by Crippen LogP contribution is -2.50. The number of piperidine rings is 1. The Bertz CT molecular complexity index is 1250. The Labute approximate surface area is 194 Å². The molecule has 0 bridgehead atoms. The third-order valence-electron chi connectivity index (χ3n) is 6.52. The van der Waals surface area contributed by atoms with E-state index < -0.39 is 15.4 Å². The number of nitrogens with zero attached hydrogens (tertiary/aromatic N) is 2. The smallest absolute Gasteiger partial charge is 0.238 e. The molecule has 1 saturated carbocycles. The molecule has 1 saturated heterocycles. The van der Waals surface area contributed by atoms with E-state index in [1.54, 1.807) is 12.1 Å². The van der Waals surface area contributed by atoms with Gasteiger partial charge in [-0.05, 0) is 54.1 Å². The first-order chi connectivity index (χ1) is 15.8. The standard InChI is InChI=1S/C25H26N4O3S/c1-33(31,32)23-14-20(10-9-19(23)11-12-26)17-5-7-18(8-6-17)21-15-25(21,16-27)29-24(30)22-4-2-3-13-28-22/h5-10,14,21-22,28H,2-4,11,13,15H2,1H3,(H,29,30)/t21-,22-,25-/m0/s1. The van der Waals surface area contributed by atoms with Gasteiger partial charge in [0.05, 0.1) is 29.5 Å². The summed E-state index contributed by atoms with van der Waals surface area (Å²) in [4.78, 5) is 12.8. The van der Waals surface area contributed by atoms with Crippen molar-refractivity contribution in [3.8, 4) is 23.3 Å². The average Bonchev–Trinajstić information content (AvgIpc) is 3.54. The monoisotopic (exact) mass is 462 g/mol. The van der Waals surface area contributed by atoms with Gasteiger partial charge in [-0.1, -0.05) is 42.8 Å². The maximum Gasteiger partial charge on any atom is 0.238 e. The van der Waals surface area contributed by atoms with Crippen LogP contribution in [0.25, 0.3) is 11.1 Å². The Kier molecular flexibility index (Phi) is 6.25. The van der Waals surface area contributed by atoms with Crippen molar-refractivity contribution in [2.45, 2.75) is 54.5 Å². The maximum absolute atomic E-state index is 12.6. The van der Waals surface area contributed by atoms with Crippen molar-refractivity contribution in [2.24, 2.45) is 0 Å². The van der Waals surface area contributed by atoms with Crippen molar-refractivity contribution in [3.05, 3.63) is 53.6 Å². The van der Waals surface area contributed by atoms with E-state index in [-0.39, 0.29) is 29.2 Å². The highest BCUT2D eigenvalue weighted by molar-refractivity contribution is 7.90. The second-order valence-corrected chi connectivity index (χ2v) is 10.9. The van der Waals surface area contributed by atoms with Gasteiger partial charge in [-0.2, -0.15) is 10.5 Å². The van der Waals surface area contributed by atoms with Gasteiger partial charge in [0, 0.05) is 12.2 Å². The summed E-state index contributed by atoms with van der Waals surface area (Å²) in [5.74, 6) is -0.185. The summed E-state index contributed by atoms with van der Waals surface area (Å²) in [5.41, 5.74) is 2.15. The van der Waals surface area contributed by atoms with Gasteiger partial charge in [-0.25, -0.2) is 8.42 Å². The summed E-state index contributed by atoms with van der Waals surface area (Å²) in [6, 6.07) is 16.8. The molecule has 1 heterocycles. The predicted octanol–water partition coefficient (Wildman–Crippen LogP) is 2.83. The quantitative estimate of drug-likeness (QED) is 0.681. The molecule has 3 atom stereocenters. The Morgan fingerprint density at radius 1 is 1.15 bits per heavy atom. The zero-order valence-electron chi connectivity index (χ0n) is 18.5. The largest absolute Gasteiger partial charge is 0.336 e. The molecule has 2 fully saturated rings. The zero-order chi connectivity index (χ0) is 23.6. The van der Waals surface area contributed by atoms with Crippen LogP contribution in [0.1, 0.15) is 42.7 Å². The first-order valence-corrected chi connectivity index (χ1v) is 12.9. The van der Waals surface area contributed by atoms with Crippen LogP contribution in [-0.2, 0) is 21.1 Å². The normalized spacial score (nSPS) is 24.3. The van der Waals surface area contributed by atoms with Gasteiger partial charge in [0.25, 0.3) is 0 Å². The van der Waals surface area contributed by atoms with Crippen molar-refractivity contribution in [2.75, 3.05) is 12.8 Å². The molecule has 1 aliphatic heterocycles. The highest BCUT2D eigenvalue weighted by atomic mass is 32.2.